The average Bonchev–Trinajstić information content (AvgIpc) is 3.96. The zero-order valence-electron chi connectivity index (χ0n) is 27.5. The normalized spacial score (nSPS) is 16.5. The van der Waals surface area contributed by atoms with E-state index < -0.39 is 31.2 Å². The Bertz CT molecular complexity index is 2580. The summed E-state index contributed by atoms with van der Waals surface area (Å²) in [5.41, 5.74) is 3.17. The Hall–Kier alpha value is -5.53. The first-order valence-electron chi connectivity index (χ1n) is 15.9. The molecule has 0 spiro atoms. The van der Waals surface area contributed by atoms with Crippen LogP contribution in [0.4, 0.5) is 0 Å². The van der Waals surface area contributed by atoms with Crippen LogP contribution in [0.2, 0.25) is 0 Å². The van der Waals surface area contributed by atoms with Crippen LogP contribution in [0.3, 0.4) is 0 Å². The molecule has 0 fully saturated rings. The lowest BCUT2D eigenvalue weighted by Crippen LogP contribution is -2.28. The standard InChI is InChI=1S/C22H16O6S2.C18H14N2S2/c1-14(10-12-19-21(23)15-6-2-4-8-17(15)29(19,25)26)11-13-20-22(24)16-7-3-5-9-18(16)30(20,27)28;1-3-17(21-13-1)19-9-5-15(6-10-19)16-7-11-20(12-8-16)18-4-2-14-22-18/h2-13,23H,1H3;1-14H/q;+2/p-1. The highest BCUT2D eigenvalue weighted by molar-refractivity contribution is 7.97. The molecule has 8 nitrogen and oxygen atoms in total. The van der Waals surface area contributed by atoms with Gasteiger partial charge in [0.05, 0.1) is 14.7 Å². The van der Waals surface area contributed by atoms with E-state index in [-0.39, 0.29) is 30.7 Å². The molecule has 6 heterocycles. The summed E-state index contributed by atoms with van der Waals surface area (Å²) in [5, 5.41) is 19.1. The Morgan fingerprint density at radius 3 is 1.63 bits per heavy atom. The van der Waals surface area contributed by atoms with Gasteiger partial charge in [-0.15, -0.1) is 0 Å². The molecule has 6 aromatic rings. The van der Waals surface area contributed by atoms with Crippen LogP contribution in [0.5, 0.6) is 0 Å². The van der Waals surface area contributed by atoms with Gasteiger partial charge in [0.2, 0.25) is 25.5 Å². The van der Waals surface area contributed by atoms with Crippen LogP contribution in [-0.4, -0.2) is 22.6 Å². The van der Waals surface area contributed by atoms with Gasteiger partial charge in [-0.3, -0.25) is 4.79 Å². The third kappa shape index (κ3) is 6.64. The number of sulfone groups is 2. The van der Waals surface area contributed by atoms with Crippen molar-refractivity contribution in [1.29, 1.82) is 0 Å². The molecule has 0 unspecified atom stereocenters. The number of hydrogen-bond donors (Lipinski definition) is 0. The summed E-state index contributed by atoms with van der Waals surface area (Å²) in [6.07, 6.45) is 13.6. The first kappa shape index (κ1) is 34.9. The summed E-state index contributed by atoms with van der Waals surface area (Å²) >= 11 is 3.48. The van der Waals surface area contributed by atoms with Crippen molar-refractivity contribution in [2.45, 2.75) is 16.7 Å². The summed E-state index contributed by atoms with van der Waals surface area (Å²) in [7, 11) is -7.80. The number of nitrogens with zero attached hydrogens (tertiary/aromatic N) is 2. The molecule has 52 heavy (non-hydrogen) atoms. The lowest BCUT2D eigenvalue weighted by atomic mass is 10.1. The number of aromatic nitrogens is 2. The number of ketones is 1. The lowest BCUT2D eigenvalue weighted by Gasteiger charge is -2.07. The Kier molecular flexibility index (Phi) is 9.56. The molecule has 0 atom stereocenters. The van der Waals surface area contributed by atoms with Crippen LogP contribution in [0.1, 0.15) is 22.8 Å². The third-order valence-corrected chi connectivity index (χ3v) is 13.8. The molecular weight excluding hydrogens is 733 g/mol. The summed E-state index contributed by atoms with van der Waals surface area (Å²) in [5.74, 6) is -1.17. The van der Waals surface area contributed by atoms with Gasteiger partial charge in [-0.05, 0) is 76.9 Å². The number of Topliss-reactive ketones (excluding diaryl/α,β-unsaturated/α-hetero) is 1. The molecule has 0 N–H and O–H groups in total. The number of rotatable bonds is 6. The van der Waals surface area contributed by atoms with Crippen LogP contribution in [0.15, 0.2) is 182 Å². The van der Waals surface area contributed by atoms with Crippen molar-refractivity contribution in [2.75, 3.05) is 0 Å². The molecule has 0 amide bonds. The second kappa shape index (κ2) is 14.2. The molecule has 2 aliphatic rings. The van der Waals surface area contributed by atoms with E-state index in [9.17, 15) is 26.7 Å². The Balaban J connectivity index is 0.000000169. The maximum atomic E-state index is 12.6. The molecule has 258 valence electrons. The first-order chi connectivity index (χ1) is 25.1. The van der Waals surface area contributed by atoms with Crippen molar-refractivity contribution < 1.29 is 35.9 Å². The predicted octanol–water partition coefficient (Wildman–Crippen LogP) is 6.59. The van der Waals surface area contributed by atoms with E-state index in [1.54, 1.807) is 53.9 Å². The monoisotopic (exact) mass is 761 g/mol. The number of allylic oxidation sites excluding steroid dienone is 6. The highest BCUT2D eigenvalue weighted by Gasteiger charge is 2.38. The summed E-state index contributed by atoms with van der Waals surface area (Å²) in [4.78, 5) is 11.7. The van der Waals surface area contributed by atoms with Gasteiger partial charge >= 0.3 is 0 Å². The molecule has 2 aliphatic heterocycles. The number of carbonyl (C=O) groups is 1. The minimum Gasteiger partial charge on any atom is -0.871 e. The Labute approximate surface area is 309 Å². The van der Waals surface area contributed by atoms with E-state index in [4.69, 9.17) is 0 Å². The van der Waals surface area contributed by atoms with Crippen LogP contribution in [0.25, 0.3) is 26.9 Å². The summed E-state index contributed by atoms with van der Waals surface area (Å²) < 4.78 is 54.5. The van der Waals surface area contributed by atoms with E-state index >= 15 is 0 Å². The van der Waals surface area contributed by atoms with Crippen LogP contribution in [0, 0.1) is 0 Å². The highest BCUT2D eigenvalue weighted by atomic mass is 32.2. The zero-order valence-corrected chi connectivity index (χ0v) is 30.8. The molecule has 0 saturated carbocycles. The quantitative estimate of drug-likeness (QED) is 0.108. The van der Waals surface area contributed by atoms with E-state index in [1.807, 2.05) is 0 Å². The second-order valence-electron chi connectivity index (χ2n) is 11.7. The fourth-order valence-corrected chi connectivity index (χ4v) is 10.2. The van der Waals surface area contributed by atoms with Crippen molar-refractivity contribution in [2.24, 2.45) is 0 Å². The predicted molar refractivity (Wildman–Crippen MR) is 200 cm³/mol. The second-order valence-corrected chi connectivity index (χ2v) is 17.3. The van der Waals surface area contributed by atoms with Crippen molar-refractivity contribution in [3.05, 3.63) is 183 Å². The number of fused-ring (bicyclic) bond motifs is 2. The minimum absolute atomic E-state index is 0.0289. The molecule has 0 saturated heterocycles. The molecule has 12 heteroatoms. The maximum absolute atomic E-state index is 12.6. The van der Waals surface area contributed by atoms with Gasteiger partial charge < -0.3 is 5.11 Å². The average molecular weight is 762 g/mol. The molecule has 0 radical (unpaired) electrons. The largest absolute Gasteiger partial charge is 0.871 e. The zero-order chi connectivity index (χ0) is 36.5. The lowest BCUT2D eigenvalue weighted by molar-refractivity contribution is -0.591. The molecule has 8 rings (SSSR count). The Morgan fingerprint density at radius 1 is 0.654 bits per heavy atom. The number of thiophene rings is 2. The number of carbonyl (C=O) groups excluding carboxylic acids is 1. The number of benzene rings is 2. The van der Waals surface area contributed by atoms with E-state index in [2.05, 4.69) is 93.2 Å². The molecule has 0 bridgehead atoms. The first-order valence-corrected chi connectivity index (χ1v) is 20.6. The van der Waals surface area contributed by atoms with E-state index in [0.29, 0.717) is 5.57 Å². The number of pyridine rings is 2. The topological polar surface area (TPSA) is 116 Å². The number of hydrogen-bond acceptors (Lipinski definition) is 8. The molecule has 0 aliphatic carbocycles. The van der Waals surface area contributed by atoms with Crippen LogP contribution in [-0.2, 0) is 19.7 Å². The summed E-state index contributed by atoms with van der Waals surface area (Å²) in [6, 6.07) is 29.0. The fraction of sp³-hybridized carbons (Fsp3) is 0.0250. The van der Waals surface area contributed by atoms with Gasteiger partial charge in [-0.1, -0.05) is 76.5 Å². The van der Waals surface area contributed by atoms with Crippen molar-refractivity contribution in [1.82, 2.24) is 0 Å². The Morgan fingerprint density at radius 2 is 1.15 bits per heavy atom. The molecule has 4 aromatic heterocycles. The van der Waals surface area contributed by atoms with E-state index in [0.717, 1.165) is 0 Å². The van der Waals surface area contributed by atoms with Crippen molar-refractivity contribution in [3.63, 3.8) is 0 Å². The van der Waals surface area contributed by atoms with Crippen LogP contribution < -0.4 is 14.2 Å². The SMILES string of the molecule is CC(C=CC1=C([O-])c2ccccc2S1(=O)=O)=CC=C1C(=O)c2ccccc2S1(=O)=O.c1csc(-[n+]2ccc(-c3cc[n+](-c4cccs4)cc3)cc2)c1. The minimum atomic E-state index is -3.90. The van der Waals surface area contributed by atoms with Gasteiger partial charge in [0.15, 0.2) is 24.8 Å². The maximum Gasteiger partial charge on any atom is 0.266 e. The van der Waals surface area contributed by atoms with Gasteiger partial charge in [0.1, 0.15) is 4.91 Å². The van der Waals surface area contributed by atoms with Gasteiger partial charge in [0, 0.05) is 42.0 Å². The fourth-order valence-electron chi connectivity index (χ4n) is 5.69. The molecule has 2 aromatic carbocycles. The summed E-state index contributed by atoms with van der Waals surface area (Å²) in [6.45, 7) is 1.60. The smallest absolute Gasteiger partial charge is 0.266 e. The van der Waals surface area contributed by atoms with Crippen LogP contribution >= 0.6 is 22.7 Å². The van der Waals surface area contributed by atoms with Gasteiger partial charge in [-0.25, -0.2) is 16.8 Å². The van der Waals surface area contributed by atoms with Crippen molar-refractivity contribution in [3.8, 4) is 21.1 Å². The van der Waals surface area contributed by atoms with Gasteiger partial charge in [0.25, 0.3) is 10.0 Å². The van der Waals surface area contributed by atoms with Gasteiger partial charge in [-0.2, -0.15) is 9.13 Å². The molecular formula is C40H29N2O6S4+. The third-order valence-electron chi connectivity index (χ3n) is 8.38. The highest BCUT2D eigenvalue weighted by Crippen LogP contribution is 2.37. The van der Waals surface area contributed by atoms with Crippen molar-refractivity contribution >= 4 is 53.9 Å². The van der Waals surface area contributed by atoms with E-state index in [1.165, 1.54) is 69.7 Å².